The highest BCUT2D eigenvalue weighted by molar-refractivity contribution is 7.99. The van der Waals surface area contributed by atoms with Crippen LogP contribution in [0.15, 0.2) is 48.5 Å². The van der Waals surface area contributed by atoms with Gasteiger partial charge in [0.05, 0.1) is 10.7 Å². The number of thioether (sulfide) groups is 1. The lowest BCUT2D eigenvalue weighted by atomic mass is 10.1. The third-order valence-corrected chi connectivity index (χ3v) is 4.70. The molecule has 1 heterocycles. The van der Waals surface area contributed by atoms with Gasteiger partial charge in [0.2, 0.25) is 0 Å². The highest BCUT2D eigenvalue weighted by Gasteiger charge is 2.26. The number of rotatable bonds is 2. The second kappa shape index (κ2) is 10.5. The van der Waals surface area contributed by atoms with Crippen LogP contribution in [0.2, 0.25) is 0 Å². The molecule has 0 amide bonds. The van der Waals surface area contributed by atoms with E-state index >= 15 is 0 Å². The van der Waals surface area contributed by atoms with Crippen molar-refractivity contribution in [1.29, 1.82) is 0 Å². The molecule has 0 spiro atoms. The van der Waals surface area contributed by atoms with Gasteiger partial charge in [0.1, 0.15) is 0 Å². The van der Waals surface area contributed by atoms with Crippen LogP contribution in [0.1, 0.15) is 60.7 Å². The normalized spacial score (nSPS) is 19.2. The Morgan fingerprint density at radius 1 is 0.609 bits per heavy atom. The van der Waals surface area contributed by atoms with E-state index in [9.17, 15) is 0 Å². The maximum atomic E-state index is 3.37. The summed E-state index contributed by atoms with van der Waals surface area (Å²) in [7, 11) is 0. The molecule has 1 saturated heterocycles. The fourth-order valence-corrected chi connectivity index (χ4v) is 3.33. The van der Waals surface area contributed by atoms with Crippen LogP contribution in [0.5, 0.6) is 0 Å². The molecule has 0 radical (unpaired) electrons. The summed E-state index contributed by atoms with van der Waals surface area (Å²) in [5, 5.41) is 0.624. The number of hydrogen-bond acceptors (Lipinski definition) is 3. The number of hydrazine groups is 1. The molecule has 126 valence electrons. The molecule has 3 rings (SSSR count). The minimum atomic E-state index is 0.312. The van der Waals surface area contributed by atoms with Crippen molar-refractivity contribution in [2.75, 3.05) is 0 Å². The molecular formula is C20H30N2S. The van der Waals surface area contributed by atoms with Crippen molar-refractivity contribution < 1.29 is 0 Å². The quantitative estimate of drug-likeness (QED) is 0.717. The first-order chi connectivity index (χ1) is 11.2. The summed E-state index contributed by atoms with van der Waals surface area (Å²) in [6.45, 7) is 12.2. The zero-order valence-corrected chi connectivity index (χ0v) is 16.0. The van der Waals surface area contributed by atoms with E-state index in [1.54, 1.807) is 0 Å². The first-order valence-corrected chi connectivity index (χ1v) is 9.46. The zero-order valence-electron chi connectivity index (χ0n) is 15.2. The molecule has 2 aromatic rings. The van der Waals surface area contributed by atoms with Gasteiger partial charge < -0.3 is 0 Å². The predicted molar refractivity (Wildman–Crippen MR) is 104 cm³/mol. The average Bonchev–Trinajstić information content (AvgIpc) is 3.10. The van der Waals surface area contributed by atoms with Crippen molar-refractivity contribution in [2.24, 2.45) is 0 Å². The molecule has 2 unspecified atom stereocenters. The van der Waals surface area contributed by atoms with Gasteiger partial charge in [0, 0.05) is 0 Å². The van der Waals surface area contributed by atoms with E-state index in [2.05, 4.69) is 73.2 Å². The Labute approximate surface area is 146 Å². The molecule has 2 aromatic carbocycles. The van der Waals surface area contributed by atoms with E-state index in [1.165, 1.54) is 22.3 Å². The Kier molecular flexibility index (Phi) is 9.00. The van der Waals surface area contributed by atoms with E-state index in [4.69, 9.17) is 0 Å². The van der Waals surface area contributed by atoms with Crippen LogP contribution in [0.4, 0.5) is 0 Å². The van der Waals surface area contributed by atoms with Crippen molar-refractivity contribution in [3.05, 3.63) is 70.8 Å². The molecule has 0 aliphatic carbocycles. The minimum Gasteiger partial charge on any atom is -0.239 e. The van der Waals surface area contributed by atoms with Crippen molar-refractivity contribution in [3.8, 4) is 0 Å². The molecule has 2 nitrogen and oxygen atoms in total. The molecule has 0 saturated carbocycles. The topological polar surface area (TPSA) is 24.1 Å². The van der Waals surface area contributed by atoms with Crippen LogP contribution in [0.3, 0.4) is 0 Å². The fourth-order valence-electron chi connectivity index (χ4n) is 2.16. The summed E-state index contributed by atoms with van der Waals surface area (Å²) in [6, 6.07) is 17.4. The minimum absolute atomic E-state index is 0.312. The fraction of sp³-hybridized carbons (Fsp3) is 0.400. The molecular weight excluding hydrogens is 300 g/mol. The molecule has 1 aliphatic heterocycles. The van der Waals surface area contributed by atoms with E-state index in [0.29, 0.717) is 10.7 Å². The molecule has 3 heteroatoms. The Balaban J connectivity index is 0.000000615. The van der Waals surface area contributed by atoms with E-state index in [-0.39, 0.29) is 0 Å². The number of aryl methyl sites for hydroxylation is 2. The maximum absolute atomic E-state index is 3.37. The van der Waals surface area contributed by atoms with Crippen LogP contribution < -0.4 is 10.9 Å². The third-order valence-electron chi connectivity index (χ3n) is 3.38. The van der Waals surface area contributed by atoms with Crippen molar-refractivity contribution in [2.45, 2.75) is 52.3 Å². The monoisotopic (exact) mass is 330 g/mol. The highest BCUT2D eigenvalue weighted by Crippen LogP contribution is 2.40. The zero-order chi connectivity index (χ0) is 17.2. The van der Waals surface area contributed by atoms with Gasteiger partial charge in [-0.05, 0) is 25.0 Å². The first-order valence-electron chi connectivity index (χ1n) is 8.52. The van der Waals surface area contributed by atoms with Crippen LogP contribution in [-0.2, 0) is 0 Å². The van der Waals surface area contributed by atoms with Crippen LogP contribution in [-0.4, -0.2) is 0 Å². The summed E-state index contributed by atoms with van der Waals surface area (Å²) in [5.74, 6) is 0. The van der Waals surface area contributed by atoms with Gasteiger partial charge in [-0.2, -0.15) is 0 Å². The summed E-state index contributed by atoms with van der Waals surface area (Å²) in [4.78, 5) is 0. The van der Waals surface area contributed by atoms with Crippen LogP contribution in [0.25, 0.3) is 0 Å². The SMILES string of the molecule is CC.CC.Cc1ccc(C2NNC(c3ccc(C)cc3)S2)cc1. The average molecular weight is 331 g/mol. The number of nitrogens with one attached hydrogen (secondary N) is 2. The van der Waals surface area contributed by atoms with E-state index in [0.717, 1.165) is 0 Å². The molecule has 23 heavy (non-hydrogen) atoms. The van der Waals surface area contributed by atoms with Gasteiger partial charge in [-0.25, -0.2) is 10.9 Å². The summed E-state index contributed by atoms with van der Waals surface area (Å²) >= 11 is 1.91. The summed E-state index contributed by atoms with van der Waals surface area (Å²) < 4.78 is 0. The molecule has 0 bridgehead atoms. The largest absolute Gasteiger partial charge is 0.239 e. The van der Waals surface area contributed by atoms with Crippen LogP contribution >= 0.6 is 11.8 Å². The summed E-state index contributed by atoms with van der Waals surface area (Å²) in [5.41, 5.74) is 12.0. The second-order valence-corrected chi connectivity index (χ2v) is 6.22. The highest BCUT2D eigenvalue weighted by atomic mass is 32.2. The van der Waals surface area contributed by atoms with Gasteiger partial charge in [0.15, 0.2) is 0 Å². The Morgan fingerprint density at radius 3 is 1.22 bits per heavy atom. The molecule has 2 N–H and O–H groups in total. The molecule has 2 atom stereocenters. The van der Waals surface area contributed by atoms with Gasteiger partial charge in [-0.3, -0.25) is 0 Å². The molecule has 0 aromatic heterocycles. The standard InChI is InChI=1S/C16H18N2S.2C2H6/c1-11-3-7-13(8-4-11)15-17-18-16(19-15)14-9-5-12(2)6-10-14;2*1-2/h3-10,15-18H,1-2H3;2*1-2H3. The van der Waals surface area contributed by atoms with Crippen LogP contribution in [0, 0.1) is 13.8 Å². The van der Waals surface area contributed by atoms with Crippen molar-refractivity contribution in [3.63, 3.8) is 0 Å². The Hall–Kier alpha value is -1.29. The van der Waals surface area contributed by atoms with Gasteiger partial charge in [0.25, 0.3) is 0 Å². The van der Waals surface area contributed by atoms with Gasteiger partial charge in [-0.1, -0.05) is 87.4 Å². The lowest BCUT2D eigenvalue weighted by Crippen LogP contribution is -2.26. The number of hydrogen-bond donors (Lipinski definition) is 2. The molecule has 1 aliphatic rings. The lowest BCUT2D eigenvalue weighted by Gasteiger charge is -2.10. The Morgan fingerprint density at radius 2 is 0.913 bits per heavy atom. The maximum Gasteiger partial charge on any atom is 0.0936 e. The molecule has 1 fully saturated rings. The lowest BCUT2D eigenvalue weighted by molar-refractivity contribution is 0.555. The third kappa shape index (κ3) is 5.69. The smallest absolute Gasteiger partial charge is 0.0936 e. The number of benzene rings is 2. The van der Waals surface area contributed by atoms with E-state index in [1.807, 2.05) is 39.5 Å². The van der Waals surface area contributed by atoms with Crippen molar-refractivity contribution >= 4 is 11.8 Å². The second-order valence-electron chi connectivity index (χ2n) is 5.01. The van der Waals surface area contributed by atoms with Gasteiger partial charge in [-0.15, -0.1) is 11.8 Å². The Bertz CT molecular complexity index is 497. The first kappa shape index (κ1) is 19.8. The van der Waals surface area contributed by atoms with Crippen molar-refractivity contribution in [1.82, 2.24) is 10.9 Å². The summed E-state index contributed by atoms with van der Waals surface area (Å²) in [6.07, 6.45) is 0. The van der Waals surface area contributed by atoms with E-state index < -0.39 is 0 Å². The predicted octanol–water partition coefficient (Wildman–Crippen LogP) is 5.89. The van der Waals surface area contributed by atoms with Gasteiger partial charge >= 0.3 is 0 Å².